The van der Waals surface area contributed by atoms with E-state index in [-0.39, 0.29) is 5.91 Å². The van der Waals surface area contributed by atoms with Crippen molar-refractivity contribution in [2.24, 2.45) is 0 Å². The smallest absolute Gasteiger partial charge is 0.255 e. The van der Waals surface area contributed by atoms with Gasteiger partial charge in [0.2, 0.25) is 0 Å². The van der Waals surface area contributed by atoms with Gasteiger partial charge in [-0.1, -0.05) is 30.3 Å². The van der Waals surface area contributed by atoms with Crippen LogP contribution in [0.15, 0.2) is 77.7 Å². The second kappa shape index (κ2) is 8.41. The number of nitrogens with zero attached hydrogens (tertiary/aromatic N) is 1. The fourth-order valence-electron chi connectivity index (χ4n) is 3.19. The van der Waals surface area contributed by atoms with Crippen LogP contribution in [0.25, 0.3) is 0 Å². The van der Waals surface area contributed by atoms with Crippen LogP contribution in [0.4, 0.5) is 17.1 Å². The van der Waals surface area contributed by atoms with Crippen molar-refractivity contribution >= 4 is 40.6 Å². The topological polar surface area (TPSA) is 68.2 Å². The van der Waals surface area contributed by atoms with E-state index in [1.54, 1.807) is 17.8 Å². The maximum atomic E-state index is 12.6. The monoisotopic (exact) mass is 402 g/mol. The second-order valence-electron chi connectivity index (χ2n) is 6.95. The highest BCUT2D eigenvalue weighted by atomic mass is 32.2. The predicted octanol–water partition coefficient (Wildman–Crippen LogP) is 5.07. The molecule has 1 aliphatic heterocycles. The van der Waals surface area contributed by atoms with Gasteiger partial charge < -0.3 is 15.5 Å². The minimum absolute atomic E-state index is 0.161. The third-order valence-corrected chi connectivity index (χ3v) is 5.83. The highest BCUT2D eigenvalue weighted by molar-refractivity contribution is 8.00. The molecule has 3 aromatic rings. The number of amides is 1. The summed E-state index contributed by atoms with van der Waals surface area (Å²) < 4.78 is 0. The Morgan fingerprint density at radius 2 is 1.86 bits per heavy atom. The van der Waals surface area contributed by atoms with Gasteiger partial charge in [0.1, 0.15) is 5.84 Å². The maximum Gasteiger partial charge on any atom is 0.255 e. The Morgan fingerprint density at radius 1 is 1.10 bits per heavy atom. The molecule has 0 fully saturated rings. The number of anilines is 3. The zero-order valence-corrected chi connectivity index (χ0v) is 16.9. The average Bonchev–Trinajstić information content (AvgIpc) is 2.75. The van der Waals surface area contributed by atoms with Crippen molar-refractivity contribution in [1.29, 1.82) is 5.41 Å². The molecule has 0 unspecified atom stereocenters. The van der Waals surface area contributed by atoms with Crippen molar-refractivity contribution in [3.05, 3.63) is 83.9 Å². The summed E-state index contributed by atoms with van der Waals surface area (Å²) in [4.78, 5) is 15.9. The Kier molecular flexibility index (Phi) is 5.53. The molecule has 6 heteroatoms. The van der Waals surface area contributed by atoms with Crippen LogP contribution < -0.4 is 15.5 Å². The third kappa shape index (κ3) is 4.60. The molecule has 0 atom stereocenters. The molecule has 4 rings (SSSR count). The number of benzene rings is 3. The molecule has 0 bridgehead atoms. The number of fused-ring (bicyclic) bond motifs is 1. The number of hydrogen-bond acceptors (Lipinski definition) is 4. The zero-order chi connectivity index (χ0) is 20.2. The normalized spacial score (nSPS) is 12.7. The molecule has 0 aromatic heterocycles. The Bertz CT molecular complexity index is 1030. The van der Waals surface area contributed by atoms with Gasteiger partial charge in [0.25, 0.3) is 5.91 Å². The van der Waals surface area contributed by atoms with Gasteiger partial charge in [-0.05, 0) is 48.0 Å². The van der Waals surface area contributed by atoms with Crippen molar-refractivity contribution in [1.82, 2.24) is 0 Å². The summed E-state index contributed by atoms with van der Waals surface area (Å²) in [5, 5.41) is 13.7. The molecule has 0 radical (unpaired) electrons. The summed E-state index contributed by atoms with van der Waals surface area (Å²) in [5.74, 6) is 0.923. The molecule has 29 heavy (non-hydrogen) atoms. The predicted molar refractivity (Wildman–Crippen MR) is 121 cm³/mol. The lowest BCUT2D eigenvalue weighted by Gasteiger charge is -2.19. The SMILES string of the molecule is CN(Cc1ccc(NC(=O)c2ccc3c(c2)NC(=N)CS3)cc1)c1ccccc1. The van der Waals surface area contributed by atoms with E-state index < -0.39 is 0 Å². The third-order valence-electron chi connectivity index (χ3n) is 4.73. The first-order valence-corrected chi connectivity index (χ1v) is 10.3. The highest BCUT2D eigenvalue weighted by Crippen LogP contribution is 2.32. The maximum absolute atomic E-state index is 12.6. The number of hydrogen-bond donors (Lipinski definition) is 3. The van der Waals surface area contributed by atoms with E-state index in [1.165, 1.54) is 5.56 Å². The molecule has 5 nitrogen and oxygen atoms in total. The quantitative estimate of drug-likeness (QED) is 0.557. The van der Waals surface area contributed by atoms with E-state index in [1.807, 2.05) is 54.6 Å². The van der Waals surface area contributed by atoms with Crippen LogP contribution >= 0.6 is 11.8 Å². The first-order chi connectivity index (χ1) is 14.1. The zero-order valence-electron chi connectivity index (χ0n) is 16.1. The molecular formula is C23H22N4OS. The summed E-state index contributed by atoms with van der Waals surface area (Å²) in [6, 6.07) is 23.7. The number of rotatable bonds is 5. The van der Waals surface area contributed by atoms with Gasteiger partial charge in [-0.2, -0.15) is 0 Å². The van der Waals surface area contributed by atoms with Crippen molar-refractivity contribution < 1.29 is 4.79 Å². The lowest BCUT2D eigenvalue weighted by Crippen LogP contribution is -2.19. The van der Waals surface area contributed by atoms with Gasteiger partial charge >= 0.3 is 0 Å². The van der Waals surface area contributed by atoms with Gasteiger partial charge in [-0.15, -0.1) is 11.8 Å². The molecule has 0 spiro atoms. The van der Waals surface area contributed by atoms with E-state index >= 15 is 0 Å². The van der Waals surface area contributed by atoms with Crippen molar-refractivity contribution in [3.63, 3.8) is 0 Å². The van der Waals surface area contributed by atoms with Crippen LogP contribution in [-0.2, 0) is 6.54 Å². The average molecular weight is 403 g/mol. The van der Waals surface area contributed by atoms with Gasteiger partial charge in [0.15, 0.2) is 0 Å². The summed E-state index contributed by atoms with van der Waals surface area (Å²) >= 11 is 1.60. The minimum atomic E-state index is -0.161. The molecule has 1 aliphatic rings. The highest BCUT2D eigenvalue weighted by Gasteiger charge is 2.15. The number of para-hydroxylation sites is 1. The lowest BCUT2D eigenvalue weighted by molar-refractivity contribution is 0.102. The molecule has 1 heterocycles. The fourth-order valence-corrected chi connectivity index (χ4v) is 3.99. The lowest BCUT2D eigenvalue weighted by atomic mass is 10.1. The van der Waals surface area contributed by atoms with E-state index in [2.05, 4.69) is 34.7 Å². The van der Waals surface area contributed by atoms with Crippen LogP contribution in [0.3, 0.4) is 0 Å². The summed E-state index contributed by atoms with van der Waals surface area (Å²) in [6.07, 6.45) is 0. The van der Waals surface area contributed by atoms with E-state index in [0.29, 0.717) is 17.2 Å². The number of carbonyl (C=O) groups is 1. The Balaban J connectivity index is 1.40. The standard InChI is InChI=1S/C23H22N4OS/c1-27(19-5-3-2-4-6-19)14-16-7-10-18(11-8-16)25-23(28)17-9-12-21-20(13-17)26-22(24)15-29-21/h2-13H,14-15H2,1H3,(H2,24,26)(H,25,28). The number of nitrogens with one attached hydrogen (secondary N) is 3. The first-order valence-electron chi connectivity index (χ1n) is 9.36. The molecule has 0 aliphatic carbocycles. The van der Waals surface area contributed by atoms with Crippen molar-refractivity contribution in [3.8, 4) is 0 Å². The van der Waals surface area contributed by atoms with E-state index in [0.717, 1.165) is 28.5 Å². The van der Waals surface area contributed by atoms with Crippen LogP contribution in [0.2, 0.25) is 0 Å². The first kappa shape index (κ1) is 19.1. The largest absolute Gasteiger partial charge is 0.370 e. The Hall–Kier alpha value is -3.25. The van der Waals surface area contributed by atoms with E-state index in [4.69, 9.17) is 5.41 Å². The van der Waals surface area contributed by atoms with Gasteiger partial charge in [0, 0.05) is 35.4 Å². The fraction of sp³-hybridized carbons (Fsp3) is 0.130. The molecule has 146 valence electrons. The molecule has 3 N–H and O–H groups in total. The number of carbonyl (C=O) groups excluding carboxylic acids is 1. The molecule has 0 saturated heterocycles. The van der Waals surface area contributed by atoms with Crippen molar-refractivity contribution in [2.45, 2.75) is 11.4 Å². The summed E-state index contributed by atoms with van der Waals surface area (Å²) in [7, 11) is 2.06. The number of thioether (sulfide) groups is 1. The second-order valence-corrected chi connectivity index (χ2v) is 7.96. The Labute approximate surface area is 174 Å². The minimum Gasteiger partial charge on any atom is -0.370 e. The molecule has 1 amide bonds. The van der Waals surface area contributed by atoms with Crippen molar-refractivity contribution in [2.75, 3.05) is 28.3 Å². The van der Waals surface area contributed by atoms with Gasteiger partial charge in [-0.3, -0.25) is 10.2 Å². The van der Waals surface area contributed by atoms with Gasteiger partial charge in [0.05, 0.1) is 11.4 Å². The molecular weight excluding hydrogens is 380 g/mol. The molecule has 3 aromatic carbocycles. The van der Waals surface area contributed by atoms with Crippen LogP contribution in [-0.4, -0.2) is 24.5 Å². The number of amidine groups is 1. The summed E-state index contributed by atoms with van der Waals surface area (Å²) in [6.45, 7) is 0.790. The van der Waals surface area contributed by atoms with Crippen LogP contribution in [0.5, 0.6) is 0 Å². The van der Waals surface area contributed by atoms with Crippen LogP contribution in [0, 0.1) is 5.41 Å². The summed E-state index contributed by atoms with van der Waals surface area (Å²) in [5.41, 5.74) is 4.48. The van der Waals surface area contributed by atoms with Gasteiger partial charge in [-0.25, -0.2) is 0 Å². The van der Waals surface area contributed by atoms with Crippen LogP contribution in [0.1, 0.15) is 15.9 Å². The molecule has 0 saturated carbocycles. The Morgan fingerprint density at radius 3 is 2.62 bits per heavy atom. The van der Waals surface area contributed by atoms with E-state index in [9.17, 15) is 4.79 Å².